The van der Waals surface area contributed by atoms with Gasteiger partial charge in [0.25, 0.3) is 0 Å². The summed E-state index contributed by atoms with van der Waals surface area (Å²) in [6.45, 7) is 4.28. The van der Waals surface area contributed by atoms with Gasteiger partial charge in [-0.15, -0.1) is 0 Å². The van der Waals surface area contributed by atoms with Crippen LogP contribution in [0.5, 0.6) is 0 Å². The second-order valence-electron chi connectivity index (χ2n) is 9.42. The van der Waals surface area contributed by atoms with Gasteiger partial charge in [0.05, 0.1) is 5.52 Å². The molecule has 6 rings (SSSR count). The van der Waals surface area contributed by atoms with E-state index in [0.29, 0.717) is 6.42 Å². The first-order chi connectivity index (χ1) is 14.9. The molecule has 154 valence electrons. The van der Waals surface area contributed by atoms with E-state index in [0.717, 1.165) is 56.3 Å². The Bertz CT molecular complexity index is 1430. The van der Waals surface area contributed by atoms with Crippen LogP contribution in [0.25, 0.3) is 21.8 Å². The van der Waals surface area contributed by atoms with Crippen LogP contribution in [-0.4, -0.2) is 15.8 Å². The Balaban J connectivity index is 1.69. The first-order valence-electron chi connectivity index (χ1n) is 10.6. The third kappa shape index (κ3) is 2.73. The number of carbonyl (C=O) groups is 1. The number of halogens is 1. The van der Waals surface area contributed by atoms with Crippen LogP contribution in [-0.2, 0) is 4.79 Å². The number of pyridine rings is 1. The van der Waals surface area contributed by atoms with Gasteiger partial charge in [0.2, 0.25) is 0 Å². The van der Waals surface area contributed by atoms with Gasteiger partial charge in [-0.1, -0.05) is 19.9 Å². The van der Waals surface area contributed by atoms with Crippen molar-refractivity contribution in [3.05, 3.63) is 83.1 Å². The number of aromatic amines is 1. The molecule has 4 aromatic rings. The van der Waals surface area contributed by atoms with Gasteiger partial charge in [-0.25, -0.2) is 4.39 Å². The largest absolute Gasteiger partial charge is 0.361 e. The number of allylic oxidation sites excluding steroid dienone is 2. The molecule has 5 heteroatoms. The fraction of sp³-hybridized carbons (Fsp3) is 0.231. The van der Waals surface area contributed by atoms with Gasteiger partial charge in [-0.2, -0.15) is 0 Å². The monoisotopic (exact) mass is 411 g/mol. The molecule has 2 N–H and O–H groups in total. The highest BCUT2D eigenvalue weighted by atomic mass is 19.1. The molecule has 0 radical (unpaired) electrons. The number of nitrogens with zero attached hydrogens (tertiary/aromatic N) is 1. The minimum absolute atomic E-state index is 0.0906. The molecule has 4 nitrogen and oxygen atoms in total. The van der Waals surface area contributed by atoms with E-state index in [-0.39, 0.29) is 22.9 Å². The van der Waals surface area contributed by atoms with Crippen LogP contribution in [0.2, 0.25) is 0 Å². The molecule has 1 atom stereocenters. The predicted octanol–water partition coefficient (Wildman–Crippen LogP) is 6.06. The zero-order valence-corrected chi connectivity index (χ0v) is 17.4. The van der Waals surface area contributed by atoms with Crippen molar-refractivity contribution in [1.29, 1.82) is 0 Å². The Morgan fingerprint density at radius 3 is 2.84 bits per heavy atom. The average Bonchev–Trinajstić information content (AvgIpc) is 3.13. The second-order valence-corrected chi connectivity index (χ2v) is 9.42. The smallest absolute Gasteiger partial charge is 0.162 e. The number of benzene rings is 2. The van der Waals surface area contributed by atoms with E-state index in [2.05, 4.69) is 41.3 Å². The van der Waals surface area contributed by atoms with Crippen molar-refractivity contribution < 1.29 is 9.18 Å². The van der Waals surface area contributed by atoms with Crippen LogP contribution in [0.15, 0.2) is 66.1 Å². The summed E-state index contributed by atoms with van der Waals surface area (Å²) in [7, 11) is 0. The van der Waals surface area contributed by atoms with E-state index >= 15 is 0 Å². The minimum Gasteiger partial charge on any atom is -0.361 e. The van der Waals surface area contributed by atoms with Crippen molar-refractivity contribution >= 4 is 33.3 Å². The van der Waals surface area contributed by atoms with Crippen molar-refractivity contribution in [1.82, 2.24) is 9.97 Å². The summed E-state index contributed by atoms with van der Waals surface area (Å²) < 4.78 is 13.8. The molecule has 2 aromatic carbocycles. The second kappa shape index (κ2) is 6.27. The Labute approximate surface area is 179 Å². The first-order valence-corrected chi connectivity index (χ1v) is 10.6. The number of nitrogens with one attached hydrogen (secondary N) is 2. The number of aromatic nitrogens is 2. The number of fused-ring (bicyclic) bond motifs is 4. The van der Waals surface area contributed by atoms with Gasteiger partial charge < -0.3 is 10.3 Å². The van der Waals surface area contributed by atoms with Gasteiger partial charge in [0.1, 0.15) is 5.82 Å². The lowest BCUT2D eigenvalue weighted by atomic mass is 9.68. The number of rotatable bonds is 1. The Morgan fingerprint density at radius 2 is 1.97 bits per heavy atom. The highest BCUT2D eigenvalue weighted by Crippen LogP contribution is 2.51. The van der Waals surface area contributed by atoms with E-state index in [1.165, 1.54) is 12.1 Å². The maximum atomic E-state index is 13.8. The summed E-state index contributed by atoms with van der Waals surface area (Å²) >= 11 is 0. The van der Waals surface area contributed by atoms with Gasteiger partial charge in [-0.05, 0) is 59.4 Å². The van der Waals surface area contributed by atoms with Crippen LogP contribution in [0.3, 0.4) is 0 Å². The van der Waals surface area contributed by atoms with Crippen LogP contribution < -0.4 is 5.32 Å². The summed E-state index contributed by atoms with van der Waals surface area (Å²) in [6.07, 6.45) is 5.04. The minimum atomic E-state index is -0.281. The Kier molecular flexibility index (Phi) is 3.70. The molecule has 1 unspecified atom stereocenters. The number of ketones is 1. The van der Waals surface area contributed by atoms with Crippen molar-refractivity contribution in [3.8, 4) is 0 Å². The van der Waals surface area contributed by atoms with Crippen LogP contribution in [0.4, 0.5) is 10.1 Å². The van der Waals surface area contributed by atoms with Gasteiger partial charge >= 0.3 is 0 Å². The summed E-state index contributed by atoms with van der Waals surface area (Å²) in [5, 5.41) is 5.55. The van der Waals surface area contributed by atoms with Crippen LogP contribution in [0, 0.1) is 11.2 Å². The summed E-state index contributed by atoms with van der Waals surface area (Å²) in [6, 6.07) is 12.9. The number of H-pyrrole nitrogens is 1. The van der Waals surface area contributed by atoms with E-state index in [1.54, 1.807) is 12.3 Å². The molecule has 0 spiro atoms. The molecule has 1 aliphatic heterocycles. The third-order valence-electron chi connectivity index (χ3n) is 6.60. The van der Waals surface area contributed by atoms with Crippen molar-refractivity contribution in [2.24, 2.45) is 5.41 Å². The zero-order valence-electron chi connectivity index (χ0n) is 17.4. The molecule has 1 aliphatic carbocycles. The molecule has 31 heavy (non-hydrogen) atoms. The fourth-order valence-electron chi connectivity index (χ4n) is 5.35. The van der Waals surface area contributed by atoms with Gasteiger partial charge in [-0.3, -0.25) is 9.78 Å². The highest BCUT2D eigenvalue weighted by molar-refractivity contribution is 6.05. The Hall–Kier alpha value is -3.47. The quantitative estimate of drug-likeness (QED) is 0.400. The molecule has 2 aliphatic rings. The number of hydrogen-bond acceptors (Lipinski definition) is 3. The predicted molar refractivity (Wildman–Crippen MR) is 121 cm³/mol. The molecule has 0 bridgehead atoms. The van der Waals surface area contributed by atoms with E-state index in [9.17, 15) is 9.18 Å². The van der Waals surface area contributed by atoms with E-state index in [1.807, 2.05) is 18.3 Å². The fourth-order valence-corrected chi connectivity index (χ4v) is 5.35. The number of anilines is 1. The number of Topliss-reactive ketones (excluding diaryl/α,β-unsaturated/α-hetero) is 1. The van der Waals surface area contributed by atoms with E-state index < -0.39 is 0 Å². The SMILES string of the molecule is CC1(C)CC(=O)C2=C(C1)Nc1ccc3ncccc3c1C2c1c[nH]c2cc(F)ccc12. The lowest BCUT2D eigenvalue weighted by Gasteiger charge is -2.39. The third-order valence-corrected chi connectivity index (χ3v) is 6.60. The molecule has 0 saturated heterocycles. The summed E-state index contributed by atoms with van der Waals surface area (Å²) in [5.74, 6) is -0.342. The lowest BCUT2D eigenvalue weighted by molar-refractivity contribution is -0.118. The highest BCUT2D eigenvalue weighted by Gasteiger charge is 2.41. The molecule has 2 aromatic heterocycles. The standard InChI is InChI=1S/C26H22FN3O/c1-26(2)11-21-25(22(31)12-26)24(17-13-29-20-10-14(27)5-6-15(17)20)23-16-4-3-9-28-18(16)7-8-19(23)30-21/h3-10,13,24,29-30H,11-12H2,1-2H3. The molecule has 3 heterocycles. The van der Waals surface area contributed by atoms with Gasteiger partial charge in [0.15, 0.2) is 5.78 Å². The summed E-state index contributed by atoms with van der Waals surface area (Å²) in [4.78, 5) is 21.3. The summed E-state index contributed by atoms with van der Waals surface area (Å²) in [5.41, 5.74) is 6.42. The number of hydrogen-bond donors (Lipinski definition) is 2. The lowest BCUT2D eigenvalue weighted by Crippen LogP contribution is -2.33. The normalized spacial score (nSPS) is 20.0. The Morgan fingerprint density at radius 1 is 1.10 bits per heavy atom. The van der Waals surface area contributed by atoms with Gasteiger partial charge in [0, 0.05) is 58.0 Å². The maximum Gasteiger partial charge on any atom is 0.162 e. The van der Waals surface area contributed by atoms with E-state index in [4.69, 9.17) is 0 Å². The topological polar surface area (TPSA) is 57.8 Å². The van der Waals surface area contributed by atoms with Crippen molar-refractivity contribution in [2.45, 2.75) is 32.6 Å². The molecule has 0 saturated carbocycles. The first kappa shape index (κ1) is 18.3. The molecular weight excluding hydrogens is 389 g/mol. The molecule has 0 amide bonds. The van der Waals surface area contributed by atoms with Crippen molar-refractivity contribution in [3.63, 3.8) is 0 Å². The zero-order chi connectivity index (χ0) is 21.3. The van der Waals surface area contributed by atoms with Crippen LogP contribution >= 0.6 is 0 Å². The maximum absolute atomic E-state index is 13.8. The average molecular weight is 411 g/mol. The molecule has 0 fully saturated rings. The number of carbonyl (C=O) groups excluding carboxylic acids is 1. The van der Waals surface area contributed by atoms with Crippen LogP contribution in [0.1, 0.15) is 43.7 Å². The molecular formula is C26H22FN3O. The van der Waals surface area contributed by atoms with Crippen molar-refractivity contribution in [2.75, 3.05) is 5.32 Å².